The average Bonchev–Trinajstić information content (AvgIpc) is 3.48. The first kappa shape index (κ1) is 24.0. The number of nitrogens with zero attached hydrogens (tertiary/aromatic N) is 6. The Bertz CT molecular complexity index is 1540. The molecule has 190 valence electrons. The van der Waals surface area contributed by atoms with E-state index >= 15 is 0 Å². The number of rotatable bonds is 4. The second kappa shape index (κ2) is 7.82. The Hall–Kier alpha value is -3.37. The van der Waals surface area contributed by atoms with Gasteiger partial charge >= 0.3 is 0 Å². The molecule has 11 heteroatoms. The molecule has 0 amide bonds. The van der Waals surface area contributed by atoms with Crippen molar-refractivity contribution in [2.45, 2.75) is 57.5 Å². The van der Waals surface area contributed by atoms with Crippen LogP contribution in [0.3, 0.4) is 0 Å². The van der Waals surface area contributed by atoms with E-state index in [1.54, 1.807) is 19.9 Å². The number of hydrogen-bond acceptors (Lipinski definition) is 7. The Balaban J connectivity index is 1.51. The number of aromatic amines is 1. The maximum atomic E-state index is 14.5. The van der Waals surface area contributed by atoms with Gasteiger partial charge in [-0.15, -0.1) is 15.3 Å². The minimum absolute atomic E-state index is 0.0631. The molecular weight excluding hydrogens is 500 g/mol. The molecule has 2 atom stereocenters. The summed E-state index contributed by atoms with van der Waals surface area (Å²) in [6.45, 7) is 7.46. The molecule has 0 saturated heterocycles. The highest BCUT2D eigenvalue weighted by atomic mass is 35.5. The predicted molar refractivity (Wildman–Crippen MR) is 132 cm³/mol. The van der Waals surface area contributed by atoms with E-state index < -0.39 is 22.7 Å². The quantitative estimate of drug-likeness (QED) is 0.383. The third-order valence-electron chi connectivity index (χ3n) is 8.03. The van der Waals surface area contributed by atoms with Crippen molar-refractivity contribution >= 4 is 11.6 Å². The zero-order valence-corrected chi connectivity index (χ0v) is 21.4. The SMILES string of the molecule is CC(C)(O)c1nnc(-c2ncc(Cl)c([C@]34CC[C@@H](c5cc(-c6c(F)cccc6F)nnc53)C4(C)C)n2)[nH]1. The van der Waals surface area contributed by atoms with E-state index in [2.05, 4.69) is 44.2 Å². The molecule has 0 radical (unpaired) electrons. The van der Waals surface area contributed by atoms with Crippen LogP contribution in [0.4, 0.5) is 8.78 Å². The van der Waals surface area contributed by atoms with Gasteiger partial charge in [-0.25, -0.2) is 18.7 Å². The average molecular weight is 524 g/mol. The van der Waals surface area contributed by atoms with Crippen molar-refractivity contribution in [2.24, 2.45) is 5.41 Å². The number of benzene rings is 1. The first-order valence-corrected chi connectivity index (χ1v) is 12.3. The molecule has 1 saturated carbocycles. The Kier molecular flexibility index (Phi) is 5.07. The van der Waals surface area contributed by atoms with Gasteiger partial charge in [-0.3, -0.25) is 0 Å². The second-order valence-corrected chi connectivity index (χ2v) is 11.2. The third kappa shape index (κ3) is 3.28. The first-order chi connectivity index (χ1) is 17.4. The fraction of sp³-hybridized carbons (Fsp3) is 0.385. The van der Waals surface area contributed by atoms with Gasteiger partial charge < -0.3 is 10.1 Å². The van der Waals surface area contributed by atoms with Crippen molar-refractivity contribution in [1.29, 1.82) is 0 Å². The second-order valence-electron chi connectivity index (χ2n) is 10.8. The van der Waals surface area contributed by atoms with Crippen molar-refractivity contribution in [1.82, 2.24) is 35.3 Å². The Morgan fingerprint density at radius 1 is 1.08 bits per heavy atom. The van der Waals surface area contributed by atoms with Gasteiger partial charge in [0.25, 0.3) is 0 Å². The van der Waals surface area contributed by atoms with Gasteiger partial charge in [0.05, 0.1) is 39.3 Å². The zero-order valence-electron chi connectivity index (χ0n) is 20.6. The molecule has 0 spiro atoms. The lowest BCUT2D eigenvalue weighted by molar-refractivity contribution is 0.0692. The zero-order chi connectivity index (χ0) is 26.3. The van der Waals surface area contributed by atoms with Crippen LogP contribution in [0.25, 0.3) is 22.9 Å². The number of H-pyrrole nitrogens is 1. The van der Waals surface area contributed by atoms with Crippen LogP contribution >= 0.6 is 11.6 Å². The Morgan fingerprint density at radius 3 is 2.49 bits per heavy atom. The lowest BCUT2D eigenvalue weighted by Gasteiger charge is -2.37. The summed E-state index contributed by atoms with van der Waals surface area (Å²) in [6.07, 6.45) is 3.07. The molecule has 8 nitrogen and oxygen atoms in total. The normalized spacial score (nSPS) is 21.9. The highest BCUT2D eigenvalue weighted by Gasteiger charge is 2.65. The number of fused-ring (bicyclic) bond motifs is 5. The molecule has 4 aromatic rings. The van der Waals surface area contributed by atoms with Crippen molar-refractivity contribution in [3.63, 3.8) is 0 Å². The van der Waals surface area contributed by atoms with Gasteiger partial charge in [-0.05, 0) is 61.8 Å². The van der Waals surface area contributed by atoms with E-state index in [1.807, 2.05) is 0 Å². The van der Waals surface area contributed by atoms with Gasteiger partial charge in [0.15, 0.2) is 17.5 Å². The first-order valence-electron chi connectivity index (χ1n) is 12.0. The molecule has 37 heavy (non-hydrogen) atoms. The monoisotopic (exact) mass is 523 g/mol. The predicted octanol–water partition coefficient (Wildman–Crippen LogP) is 5.08. The van der Waals surface area contributed by atoms with Crippen molar-refractivity contribution in [2.75, 3.05) is 0 Å². The van der Waals surface area contributed by atoms with E-state index in [4.69, 9.17) is 16.6 Å². The van der Waals surface area contributed by atoms with E-state index in [1.165, 1.54) is 24.4 Å². The van der Waals surface area contributed by atoms with Gasteiger partial charge in [0.2, 0.25) is 0 Å². The highest BCUT2D eigenvalue weighted by molar-refractivity contribution is 6.31. The molecule has 2 aliphatic carbocycles. The van der Waals surface area contributed by atoms with Gasteiger partial charge in [0.1, 0.15) is 17.2 Å². The Morgan fingerprint density at radius 2 is 1.81 bits per heavy atom. The summed E-state index contributed by atoms with van der Waals surface area (Å²) in [6, 6.07) is 5.49. The van der Waals surface area contributed by atoms with Crippen LogP contribution in [0.1, 0.15) is 69.2 Å². The van der Waals surface area contributed by atoms with Gasteiger partial charge in [-0.1, -0.05) is 31.5 Å². The van der Waals surface area contributed by atoms with E-state index in [-0.39, 0.29) is 34.2 Å². The molecule has 0 unspecified atom stereocenters. The fourth-order valence-electron chi connectivity index (χ4n) is 6.13. The maximum Gasteiger partial charge on any atom is 0.199 e. The van der Waals surface area contributed by atoms with Crippen LogP contribution in [0, 0.1) is 17.0 Å². The summed E-state index contributed by atoms with van der Waals surface area (Å²) in [5, 5.41) is 27.6. The van der Waals surface area contributed by atoms with Crippen molar-refractivity contribution in [3.05, 3.63) is 69.9 Å². The standard InChI is InChI=1S/C26H24ClF2N7O/c1-24(2)13-8-9-26(24,19-12(13)10-17(33-34-19)18-15(28)6-5-7-16(18)29)20-14(27)11-30-21(31-20)22-32-23(36-35-22)25(3,4)37/h5-7,10-11,13,37H,8-9H2,1-4H3,(H,32,35,36)/t13-,26-/m0/s1. The van der Waals surface area contributed by atoms with Crippen LogP contribution in [-0.4, -0.2) is 40.5 Å². The van der Waals surface area contributed by atoms with Crippen molar-refractivity contribution in [3.8, 4) is 22.9 Å². The summed E-state index contributed by atoms with van der Waals surface area (Å²) in [4.78, 5) is 12.2. The molecule has 1 fully saturated rings. The lowest BCUT2D eigenvalue weighted by atomic mass is 9.66. The van der Waals surface area contributed by atoms with E-state index in [0.29, 0.717) is 22.2 Å². The number of aliphatic hydroxyl groups is 1. The van der Waals surface area contributed by atoms with Crippen LogP contribution in [0.5, 0.6) is 0 Å². The minimum Gasteiger partial charge on any atom is -0.382 e. The lowest BCUT2D eigenvalue weighted by Crippen LogP contribution is -2.38. The van der Waals surface area contributed by atoms with Crippen LogP contribution in [0.15, 0.2) is 30.5 Å². The molecule has 0 aliphatic heterocycles. The molecule has 3 heterocycles. The summed E-state index contributed by atoms with van der Waals surface area (Å²) < 4.78 is 29.1. The molecule has 1 aromatic carbocycles. The topological polar surface area (TPSA) is 113 Å². The number of nitrogens with one attached hydrogen (secondary N) is 1. The fourth-order valence-corrected chi connectivity index (χ4v) is 6.38. The summed E-state index contributed by atoms with van der Waals surface area (Å²) in [7, 11) is 0. The summed E-state index contributed by atoms with van der Waals surface area (Å²) >= 11 is 6.73. The number of halogens is 3. The molecule has 2 bridgehead atoms. The molecule has 3 aromatic heterocycles. The summed E-state index contributed by atoms with van der Waals surface area (Å²) in [5.41, 5.74) is -0.128. The maximum absolute atomic E-state index is 14.5. The highest BCUT2D eigenvalue weighted by Crippen LogP contribution is 2.70. The van der Waals surface area contributed by atoms with Crippen LogP contribution < -0.4 is 0 Å². The smallest absolute Gasteiger partial charge is 0.199 e. The molecule has 2 aliphatic rings. The minimum atomic E-state index is -1.21. The van der Waals surface area contributed by atoms with E-state index in [0.717, 1.165) is 18.4 Å². The number of aromatic nitrogens is 7. The van der Waals surface area contributed by atoms with Crippen molar-refractivity contribution < 1.29 is 13.9 Å². The Labute approximate surface area is 216 Å². The van der Waals surface area contributed by atoms with E-state index in [9.17, 15) is 13.9 Å². The summed E-state index contributed by atoms with van der Waals surface area (Å²) in [5.74, 6) is -0.448. The molecule has 2 N–H and O–H groups in total. The van der Waals surface area contributed by atoms with Gasteiger partial charge in [0, 0.05) is 0 Å². The van der Waals surface area contributed by atoms with Gasteiger partial charge in [-0.2, -0.15) is 5.10 Å². The largest absolute Gasteiger partial charge is 0.382 e. The van der Waals surface area contributed by atoms with Crippen LogP contribution in [-0.2, 0) is 11.0 Å². The number of hydrogen-bond donors (Lipinski definition) is 2. The third-order valence-corrected chi connectivity index (χ3v) is 8.30. The molecule has 6 rings (SSSR count). The molecular formula is C26H24ClF2N7O. The van der Waals surface area contributed by atoms with Crippen LogP contribution in [0.2, 0.25) is 5.02 Å².